The molecule has 4 aromatic carbocycles. The van der Waals surface area contributed by atoms with Crippen LogP contribution in [0.2, 0.25) is 0 Å². The molecule has 0 spiro atoms. The van der Waals surface area contributed by atoms with Crippen molar-refractivity contribution < 1.29 is 77.5 Å². The van der Waals surface area contributed by atoms with Gasteiger partial charge >= 0.3 is 23.9 Å². The number of hydrogen-bond acceptors (Lipinski definition) is 14. The van der Waals surface area contributed by atoms with Crippen molar-refractivity contribution in [1.29, 1.82) is 0 Å². The van der Waals surface area contributed by atoms with Crippen LogP contribution in [0.5, 0.6) is 46.0 Å². The third-order valence-corrected chi connectivity index (χ3v) is 12.0. The second-order valence-corrected chi connectivity index (χ2v) is 15.6. The lowest BCUT2D eigenvalue weighted by Crippen LogP contribution is -2.36. The third-order valence-electron chi connectivity index (χ3n) is 12.0. The Morgan fingerprint density at radius 1 is 0.359 bits per heavy atom. The molecule has 0 heterocycles. The summed E-state index contributed by atoms with van der Waals surface area (Å²) >= 11 is 0. The van der Waals surface area contributed by atoms with Crippen LogP contribution < -0.4 is 37.9 Å². The number of hydrogen-bond donors (Lipinski definition) is 4. The van der Waals surface area contributed by atoms with Gasteiger partial charge in [0.05, 0.1) is 28.4 Å². The molecule has 346 valence electrons. The minimum Gasteiger partial charge on any atom is -0.495 e. The van der Waals surface area contributed by atoms with Crippen LogP contribution in [0.25, 0.3) is 0 Å². The number of ether oxygens (including phenoxy) is 8. The molecule has 64 heavy (non-hydrogen) atoms. The van der Waals surface area contributed by atoms with Crippen molar-refractivity contribution in [3.63, 3.8) is 0 Å². The van der Waals surface area contributed by atoms with Gasteiger partial charge in [0.15, 0.2) is 0 Å². The minimum atomic E-state index is -1.45. The zero-order chi connectivity index (χ0) is 48.4. The van der Waals surface area contributed by atoms with Crippen molar-refractivity contribution in [3.05, 3.63) is 89.0 Å². The Labute approximate surface area is 372 Å². The Morgan fingerprint density at radius 3 is 0.859 bits per heavy atom. The van der Waals surface area contributed by atoms with E-state index in [2.05, 4.69) is 0 Å². The molecule has 0 saturated carbocycles. The smallest absolute Gasteiger partial charge is 0.347 e. The fourth-order valence-electron chi connectivity index (χ4n) is 8.01. The zero-order valence-electron chi connectivity index (χ0n) is 39.3. The number of aromatic carboxylic acids is 2. The molecule has 0 aliphatic heterocycles. The first kappa shape index (κ1) is 50.1. The molecule has 0 aliphatic rings. The number of esters is 2. The third kappa shape index (κ3) is 8.97. The molecule has 4 rings (SSSR count). The minimum absolute atomic E-state index is 0.0276. The Bertz CT molecular complexity index is 2380. The molecule has 0 unspecified atom stereocenters. The van der Waals surface area contributed by atoms with E-state index in [9.17, 15) is 39.6 Å². The van der Waals surface area contributed by atoms with Crippen molar-refractivity contribution in [3.8, 4) is 46.0 Å². The fourth-order valence-corrected chi connectivity index (χ4v) is 8.01. The lowest BCUT2D eigenvalue weighted by Gasteiger charge is -2.25. The number of carbonyl (C=O) groups is 4. The normalized spacial score (nSPS) is 12.0. The summed E-state index contributed by atoms with van der Waals surface area (Å²) in [5, 5.41) is 41.8. The zero-order valence-corrected chi connectivity index (χ0v) is 39.3. The maximum Gasteiger partial charge on any atom is 0.347 e. The maximum absolute atomic E-state index is 13.9. The number of methoxy groups -OCH3 is 4. The van der Waals surface area contributed by atoms with Gasteiger partial charge in [0.1, 0.15) is 93.7 Å². The summed E-state index contributed by atoms with van der Waals surface area (Å²) in [5.74, 6) is -2.49. The number of aliphatic hydroxyl groups is 2. The first-order chi connectivity index (χ1) is 29.9. The SMILES string of the molecule is COc1c(C)c(OC(=O)c2c(C)c(C)c(OC[C@H](O)[C@@H](O)COc3c(C)c(C)c(C(=O)Oc4c(C)c(C)c(C(=O)O)c(OC)c4C)c(OC)c3C)c(C)c2OC)c(C)c(C)c1C(=O)O. The lowest BCUT2D eigenvalue weighted by molar-refractivity contribution is -0.0293. The molecule has 0 aromatic heterocycles. The van der Waals surface area contributed by atoms with Crippen molar-refractivity contribution in [1.82, 2.24) is 0 Å². The monoisotopic (exact) mass is 890 g/mol. The molecule has 0 aliphatic carbocycles. The summed E-state index contributed by atoms with van der Waals surface area (Å²) in [4.78, 5) is 51.8. The summed E-state index contributed by atoms with van der Waals surface area (Å²) in [5.41, 5.74) is 5.34. The van der Waals surface area contributed by atoms with E-state index in [0.29, 0.717) is 78.3 Å². The summed E-state index contributed by atoms with van der Waals surface area (Å²) in [6.07, 6.45) is -2.91. The van der Waals surface area contributed by atoms with Gasteiger partial charge in [-0.25, -0.2) is 19.2 Å². The molecule has 4 aromatic rings. The van der Waals surface area contributed by atoms with Gasteiger partial charge in [-0.05, 0) is 128 Å². The highest BCUT2D eigenvalue weighted by molar-refractivity contribution is 6.00. The predicted octanol–water partition coefficient (Wildman–Crippen LogP) is 7.44. The van der Waals surface area contributed by atoms with E-state index in [0.717, 1.165) is 0 Å². The van der Waals surface area contributed by atoms with Crippen LogP contribution in [-0.2, 0) is 0 Å². The first-order valence-corrected chi connectivity index (χ1v) is 20.2. The van der Waals surface area contributed by atoms with Crippen LogP contribution >= 0.6 is 0 Å². The van der Waals surface area contributed by atoms with Gasteiger partial charge in [-0.3, -0.25) is 0 Å². The van der Waals surface area contributed by atoms with Crippen LogP contribution in [0, 0.1) is 83.1 Å². The average molecular weight is 891 g/mol. The molecule has 0 bridgehead atoms. The van der Waals surface area contributed by atoms with Crippen LogP contribution in [0.4, 0.5) is 0 Å². The van der Waals surface area contributed by atoms with E-state index < -0.39 is 36.1 Å². The van der Waals surface area contributed by atoms with Gasteiger partial charge in [-0.1, -0.05) is 0 Å². The van der Waals surface area contributed by atoms with E-state index >= 15 is 0 Å². The molecule has 0 fully saturated rings. The summed E-state index contributed by atoms with van der Waals surface area (Å²) < 4.78 is 46.2. The number of aliphatic hydroxyl groups excluding tert-OH is 2. The highest BCUT2D eigenvalue weighted by Gasteiger charge is 2.32. The molecule has 16 nitrogen and oxygen atoms in total. The number of carboxylic acid groups (broad SMARTS) is 2. The average Bonchev–Trinajstić information content (AvgIpc) is 3.24. The quantitative estimate of drug-likeness (QED) is 0.0597. The maximum atomic E-state index is 13.9. The molecule has 16 heteroatoms. The van der Waals surface area contributed by atoms with E-state index in [1.165, 1.54) is 28.4 Å². The van der Waals surface area contributed by atoms with Crippen molar-refractivity contribution in [2.45, 2.75) is 95.3 Å². The van der Waals surface area contributed by atoms with E-state index in [1.54, 1.807) is 83.1 Å². The number of rotatable bonds is 17. The Kier molecular flexibility index (Phi) is 15.6. The fraction of sp³-hybridized carbons (Fsp3) is 0.417. The topological polar surface area (TPSA) is 223 Å². The Morgan fingerprint density at radius 2 is 0.594 bits per heavy atom. The standard InChI is InChI=1S/C48H58O16/c1-19-25(7)39(29(11)41(57-13)33(19)45(51)52)63-47(55)35-21(3)23(5)37(27(9)43(35)59-15)61-17-31(49)32(50)18-62-38-24(6)22(4)36(44(60-16)28(38)10)48(56)64-40-26(8)20(2)34(46(53)54)42(58-14)30(40)12/h31-32,49-50H,17-18H2,1-16H3,(H,51,52)(H,53,54)/t31-,32-/m0/s1. The summed E-state index contributed by atoms with van der Waals surface area (Å²) in [7, 11) is 5.45. The Balaban J connectivity index is 1.56. The molecule has 0 saturated heterocycles. The van der Waals surface area contributed by atoms with Crippen LogP contribution in [-0.4, -0.2) is 98.2 Å². The molecule has 0 amide bonds. The molecular weight excluding hydrogens is 833 g/mol. The van der Waals surface area contributed by atoms with Gasteiger partial charge in [-0.15, -0.1) is 0 Å². The largest absolute Gasteiger partial charge is 0.495 e. The van der Waals surface area contributed by atoms with Gasteiger partial charge < -0.3 is 58.3 Å². The molecule has 2 atom stereocenters. The molecular formula is C48H58O16. The second kappa shape index (κ2) is 19.9. The molecule has 4 N–H and O–H groups in total. The molecule has 0 radical (unpaired) electrons. The number of carboxylic acids is 2. The van der Waals surface area contributed by atoms with E-state index in [1.807, 2.05) is 0 Å². The van der Waals surface area contributed by atoms with Crippen molar-refractivity contribution in [2.75, 3.05) is 41.7 Å². The van der Waals surface area contributed by atoms with Gasteiger partial charge in [0, 0.05) is 22.3 Å². The van der Waals surface area contributed by atoms with E-state index in [4.69, 9.17) is 37.9 Å². The van der Waals surface area contributed by atoms with Crippen LogP contribution in [0.3, 0.4) is 0 Å². The Hall–Kier alpha value is -6.52. The van der Waals surface area contributed by atoms with Gasteiger partial charge in [-0.2, -0.15) is 0 Å². The highest BCUT2D eigenvalue weighted by atomic mass is 16.6. The van der Waals surface area contributed by atoms with Gasteiger partial charge in [0.25, 0.3) is 0 Å². The van der Waals surface area contributed by atoms with Crippen molar-refractivity contribution in [2.24, 2.45) is 0 Å². The van der Waals surface area contributed by atoms with E-state index in [-0.39, 0.29) is 70.0 Å². The lowest BCUT2D eigenvalue weighted by atomic mass is 9.95. The van der Waals surface area contributed by atoms with Crippen molar-refractivity contribution >= 4 is 23.9 Å². The van der Waals surface area contributed by atoms with Crippen LogP contribution in [0.15, 0.2) is 0 Å². The summed E-state index contributed by atoms with van der Waals surface area (Å²) in [6, 6.07) is 0. The number of benzene rings is 4. The van der Waals surface area contributed by atoms with Crippen LogP contribution in [0.1, 0.15) is 108 Å². The predicted molar refractivity (Wildman–Crippen MR) is 236 cm³/mol. The first-order valence-electron chi connectivity index (χ1n) is 20.2. The highest BCUT2D eigenvalue weighted by Crippen LogP contribution is 2.44. The summed E-state index contributed by atoms with van der Waals surface area (Å²) in [6.45, 7) is 19.1. The van der Waals surface area contributed by atoms with Gasteiger partial charge in [0.2, 0.25) is 0 Å². The number of carbonyl (C=O) groups excluding carboxylic acids is 2. The second-order valence-electron chi connectivity index (χ2n) is 15.6.